The molecule has 2 saturated heterocycles. The molecular weight excluding hydrogens is 774 g/mol. The van der Waals surface area contributed by atoms with Crippen molar-refractivity contribution in [2.45, 2.75) is 254 Å². The van der Waals surface area contributed by atoms with Crippen LogP contribution in [0.1, 0.15) is 181 Å². The molecule has 0 spiro atoms. The summed E-state index contributed by atoms with van der Waals surface area (Å²) in [6.07, 6.45) is 16.9. The molecule has 0 radical (unpaired) electrons. The third-order valence-corrected chi connectivity index (χ3v) is 12.0. The van der Waals surface area contributed by atoms with Gasteiger partial charge < -0.3 is 65.1 Å². The lowest BCUT2D eigenvalue weighted by Gasteiger charge is -2.46. The van der Waals surface area contributed by atoms with Crippen molar-refractivity contribution in [1.82, 2.24) is 5.32 Å². The second-order valence-electron chi connectivity index (χ2n) is 17.2. The van der Waals surface area contributed by atoms with Gasteiger partial charge >= 0.3 is 0 Å². The molecule has 2 fully saturated rings. The maximum atomic E-state index is 13.1. The molecule has 0 bridgehead atoms. The summed E-state index contributed by atoms with van der Waals surface area (Å²) in [5.74, 6) is -0.242. The summed E-state index contributed by atoms with van der Waals surface area (Å²) >= 11 is 0. The summed E-state index contributed by atoms with van der Waals surface area (Å²) in [6.45, 7) is 2.76. The van der Waals surface area contributed by atoms with Gasteiger partial charge in [-0.3, -0.25) is 4.79 Å². The topological polar surface area (TPSA) is 228 Å². The molecular formula is C46H87NO13. The highest BCUT2D eigenvalue weighted by Gasteiger charge is 2.51. The quantitative estimate of drug-likeness (QED) is 0.0292. The summed E-state index contributed by atoms with van der Waals surface area (Å²) in [7, 11) is 0. The third kappa shape index (κ3) is 21.9. The smallest absolute Gasteiger partial charge is 0.220 e. The number of carbonyl (C=O) groups excluding carboxylic acids is 1. The number of unbranched alkanes of at least 4 members (excludes halogenated alkanes) is 23. The normalized spacial score (nSPS) is 28.3. The van der Waals surface area contributed by atoms with E-state index in [9.17, 15) is 45.6 Å². The molecule has 0 saturated carbocycles. The molecule has 0 aliphatic carbocycles. The van der Waals surface area contributed by atoms with Gasteiger partial charge in [-0.25, -0.2) is 0 Å². The van der Waals surface area contributed by atoms with Gasteiger partial charge in [-0.05, 0) is 19.3 Å². The van der Waals surface area contributed by atoms with Crippen molar-refractivity contribution in [2.24, 2.45) is 0 Å². The first kappa shape index (κ1) is 54.9. The van der Waals surface area contributed by atoms with E-state index in [2.05, 4.69) is 19.2 Å². The number of carbonyl (C=O) groups is 1. The minimum Gasteiger partial charge on any atom is -0.394 e. The number of allylic oxidation sites excluding steroid dienone is 1. The summed E-state index contributed by atoms with van der Waals surface area (Å²) in [6, 6.07) is -0.906. The summed E-state index contributed by atoms with van der Waals surface area (Å²) in [5, 5.41) is 86.5. The maximum absolute atomic E-state index is 13.1. The minimum atomic E-state index is -1.78. The molecule has 0 aromatic rings. The summed E-state index contributed by atoms with van der Waals surface area (Å²) < 4.78 is 22.6. The van der Waals surface area contributed by atoms with E-state index in [4.69, 9.17) is 18.9 Å². The van der Waals surface area contributed by atoms with Gasteiger partial charge in [0.15, 0.2) is 12.6 Å². The van der Waals surface area contributed by atoms with Gasteiger partial charge in [-0.2, -0.15) is 0 Å². The molecule has 60 heavy (non-hydrogen) atoms. The average Bonchev–Trinajstić information content (AvgIpc) is 3.24. The lowest BCUT2D eigenvalue weighted by Crippen LogP contribution is -2.65. The first-order valence-corrected chi connectivity index (χ1v) is 23.9. The number of ether oxygens (including phenoxy) is 4. The zero-order chi connectivity index (χ0) is 44.0. The van der Waals surface area contributed by atoms with Crippen molar-refractivity contribution in [2.75, 3.05) is 19.8 Å². The van der Waals surface area contributed by atoms with Crippen molar-refractivity contribution in [1.29, 1.82) is 0 Å². The van der Waals surface area contributed by atoms with Crippen molar-refractivity contribution in [3.8, 4) is 0 Å². The van der Waals surface area contributed by atoms with Crippen LogP contribution in [-0.4, -0.2) is 140 Å². The van der Waals surface area contributed by atoms with Crippen molar-refractivity contribution in [3.63, 3.8) is 0 Å². The van der Waals surface area contributed by atoms with Crippen molar-refractivity contribution < 1.29 is 64.6 Å². The SMILES string of the molecule is CCCCCCCCCCCCCCCC/C=C/[C@@H](O)[C@H](CO[C@@H]1O[C@H](CO)[C@@H](O[C@@H]2O[C@H](CO)[C@H](O)C(O)C2O)C(O)C1O)NC(=O)CCCCCCCCCCCC. The van der Waals surface area contributed by atoms with E-state index in [1.807, 2.05) is 6.08 Å². The highest BCUT2D eigenvalue weighted by atomic mass is 16.7. The van der Waals surface area contributed by atoms with E-state index in [1.165, 1.54) is 116 Å². The Balaban J connectivity index is 1.88. The van der Waals surface area contributed by atoms with Gasteiger partial charge in [0.05, 0.1) is 32.0 Å². The van der Waals surface area contributed by atoms with E-state index >= 15 is 0 Å². The molecule has 4 unspecified atom stereocenters. The Kier molecular flexibility index (Phi) is 31.3. The van der Waals surface area contributed by atoms with Crippen LogP contribution in [0.3, 0.4) is 0 Å². The predicted molar refractivity (Wildman–Crippen MR) is 231 cm³/mol. The molecule has 354 valence electrons. The fourth-order valence-electron chi connectivity index (χ4n) is 8.00. The second-order valence-corrected chi connectivity index (χ2v) is 17.2. The van der Waals surface area contributed by atoms with Crippen LogP contribution in [0, 0.1) is 0 Å². The summed E-state index contributed by atoms with van der Waals surface area (Å²) in [5.41, 5.74) is 0. The van der Waals surface area contributed by atoms with Gasteiger partial charge in [-0.1, -0.05) is 167 Å². The van der Waals surface area contributed by atoms with Crippen LogP contribution in [0.15, 0.2) is 12.2 Å². The number of aliphatic hydroxyl groups excluding tert-OH is 8. The number of rotatable bonds is 36. The van der Waals surface area contributed by atoms with Crippen molar-refractivity contribution >= 4 is 5.91 Å². The Morgan fingerprint density at radius 2 is 1.03 bits per heavy atom. The number of hydrogen-bond acceptors (Lipinski definition) is 13. The maximum Gasteiger partial charge on any atom is 0.220 e. The highest BCUT2D eigenvalue weighted by Crippen LogP contribution is 2.30. The molecule has 14 nitrogen and oxygen atoms in total. The molecule has 14 heteroatoms. The minimum absolute atomic E-state index is 0.242. The third-order valence-electron chi connectivity index (χ3n) is 12.0. The Labute approximate surface area is 361 Å². The van der Waals surface area contributed by atoms with E-state index < -0.39 is 86.8 Å². The van der Waals surface area contributed by atoms with Crippen LogP contribution < -0.4 is 5.32 Å². The molecule has 0 aromatic heterocycles. The molecule has 2 aliphatic rings. The lowest BCUT2D eigenvalue weighted by molar-refractivity contribution is -0.359. The van der Waals surface area contributed by atoms with Gasteiger partial charge in [0.2, 0.25) is 5.91 Å². The molecule has 2 rings (SSSR count). The predicted octanol–water partition coefficient (Wildman–Crippen LogP) is 5.21. The number of amides is 1. The summed E-state index contributed by atoms with van der Waals surface area (Å²) in [4.78, 5) is 13.1. The standard InChI is InChI=1S/C46H87NO13/c1-3-5-7-9-11-13-15-16-17-18-19-20-21-23-25-27-29-35(50)34(47-38(51)30-28-26-24-22-14-12-10-8-6-4-2)33-57-45-43(56)41(54)44(37(32-49)59-45)60-46-42(55)40(53)39(52)36(31-48)58-46/h27,29,34-37,39-46,48-50,52-56H,3-26,28,30-33H2,1-2H3,(H,47,51)/b29-27+/t34-,35+,36+,37+,39-,40?,41?,42?,43?,44+,45+,46-/m0/s1. The first-order valence-electron chi connectivity index (χ1n) is 23.9. The van der Waals surface area contributed by atoms with Crippen LogP contribution in [-0.2, 0) is 23.7 Å². The van der Waals surface area contributed by atoms with Crippen LogP contribution in [0.25, 0.3) is 0 Å². The van der Waals surface area contributed by atoms with Crippen LogP contribution in [0.4, 0.5) is 0 Å². The highest BCUT2D eigenvalue weighted by molar-refractivity contribution is 5.76. The molecule has 1 amide bonds. The number of aliphatic hydroxyl groups is 8. The second kappa shape index (κ2) is 34.2. The van der Waals surface area contributed by atoms with E-state index in [0.717, 1.165) is 38.5 Å². The molecule has 0 aromatic carbocycles. The molecule has 2 heterocycles. The van der Waals surface area contributed by atoms with Gasteiger partial charge in [0.1, 0.15) is 48.8 Å². The van der Waals surface area contributed by atoms with Crippen LogP contribution >= 0.6 is 0 Å². The van der Waals surface area contributed by atoms with Crippen LogP contribution in [0.5, 0.6) is 0 Å². The molecule has 2 aliphatic heterocycles. The average molecular weight is 862 g/mol. The van der Waals surface area contributed by atoms with Gasteiger partial charge in [-0.15, -0.1) is 0 Å². The van der Waals surface area contributed by atoms with E-state index in [0.29, 0.717) is 6.42 Å². The number of hydrogen-bond donors (Lipinski definition) is 9. The Morgan fingerprint density at radius 1 is 0.583 bits per heavy atom. The fraction of sp³-hybridized carbons (Fsp3) is 0.935. The van der Waals surface area contributed by atoms with Crippen LogP contribution in [0.2, 0.25) is 0 Å². The monoisotopic (exact) mass is 862 g/mol. The van der Waals surface area contributed by atoms with Gasteiger partial charge in [0, 0.05) is 6.42 Å². The largest absolute Gasteiger partial charge is 0.394 e. The zero-order valence-electron chi connectivity index (χ0n) is 37.2. The fourth-order valence-corrected chi connectivity index (χ4v) is 8.00. The van der Waals surface area contributed by atoms with E-state index in [-0.39, 0.29) is 18.9 Å². The first-order chi connectivity index (χ1) is 29.1. The molecule has 12 atom stereocenters. The number of nitrogens with one attached hydrogen (secondary N) is 1. The Morgan fingerprint density at radius 3 is 1.53 bits per heavy atom. The van der Waals surface area contributed by atoms with Gasteiger partial charge in [0.25, 0.3) is 0 Å². The van der Waals surface area contributed by atoms with Crippen molar-refractivity contribution in [3.05, 3.63) is 12.2 Å². The molecule has 9 N–H and O–H groups in total. The Hall–Kier alpha value is -1.27. The Bertz CT molecular complexity index is 1070. The van der Waals surface area contributed by atoms with E-state index in [1.54, 1.807) is 6.08 Å². The zero-order valence-corrected chi connectivity index (χ0v) is 37.2. The lowest BCUT2D eigenvalue weighted by atomic mass is 9.97.